The van der Waals surface area contributed by atoms with Crippen LogP contribution >= 0.6 is 0 Å². The maximum absolute atomic E-state index is 12.2. The number of hydrogen-bond donors (Lipinski definition) is 1. The van der Waals surface area contributed by atoms with Crippen molar-refractivity contribution in [3.63, 3.8) is 0 Å². The number of carboxylic acids is 1. The van der Waals surface area contributed by atoms with E-state index in [0.29, 0.717) is 13.0 Å². The third-order valence-electron chi connectivity index (χ3n) is 5.60. The molecule has 3 rings (SSSR count). The molecule has 1 atom stereocenters. The molecule has 1 amide bonds. The number of carboxylic acid groups (broad SMARTS) is 1. The molecule has 2 aliphatic heterocycles. The number of hydrogen-bond acceptors (Lipinski definition) is 5. The van der Waals surface area contributed by atoms with Crippen LogP contribution in [0.1, 0.15) is 44.0 Å². The molecule has 0 bridgehead atoms. The van der Waals surface area contributed by atoms with E-state index >= 15 is 0 Å². The number of anilines is 1. The van der Waals surface area contributed by atoms with Gasteiger partial charge in [0.2, 0.25) is 11.9 Å². The van der Waals surface area contributed by atoms with E-state index in [1.54, 1.807) is 11.8 Å². The molecule has 7 heteroatoms. The van der Waals surface area contributed by atoms with E-state index in [4.69, 9.17) is 0 Å². The summed E-state index contributed by atoms with van der Waals surface area (Å²) in [6.07, 6.45) is 3.15. The van der Waals surface area contributed by atoms with Crippen LogP contribution in [0, 0.1) is 19.3 Å². The Hall–Kier alpha value is -2.18. The van der Waals surface area contributed by atoms with Crippen molar-refractivity contribution in [2.75, 3.05) is 24.5 Å². The first-order valence-electron chi connectivity index (χ1n) is 8.89. The van der Waals surface area contributed by atoms with Crippen LogP contribution in [0.4, 0.5) is 5.95 Å². The Morgan fingerprint density at radius 3 is 2.36 bits per heavy atom. The summed E-state index contributed by atoms with van der Waals surface area (Å²) >= 11 is 0. The summed E-state index contributed by atoms with van der Waals surface area (Å²) < 4.78 is 0. The number of nitrogens with zero attached hydrogens (tertiary/aromatic N) is 4. The van der Waals surface area contributed by atoms with Crippen LogP contribution in [0.15, 0.2) is 6.07 Å². The summed E-state index contributed by atoms with van der Waals surface area (Å²) in [7, 11) is 0. The van der Waals surface area contributed by atoms with Crippen molar-refractivity contribution >= 4 is 17.8 Å². The van der Waals surface area contributed by atoms with Gasteiger partial charge in [-0.25, -0.2) is 14.8 Å². The molecule has 2 saturated heterocycles. The van der Waals surface area contributed by atoms with Gasteiger partial charge in [-0.2, -0.15) is 0 Å². The van der Waals surface area contributed by atoms with E-state index in [1.165, 1.54) is 0 Å². The minimum atomic E-state index is -0.938. The van der Waals surface area contributed by atoms with E-state index in [9.17, 15) is 14.7 Å². The van der Waals surface area contributed by atoms with Crippen molar-refractivity contribution in [2.24, 2.45) is 5.41 Å². The van der Waals surface area contributed by atoms with Crippen molar-refractivity contribution in [3.8, 4) is 0 Å². The highest BCUT2D eigenvalue weighted by Crippen LogP contribution is 2.41. The van der Waals surface area contributed by atoms with Crippen LogP contribution in [0.2, 0.25) is 0 Å². The molecule has 1 spiro atoms. The molecule has 136 valence electrons. The monoisotopic (exact) mass is 346 g/mol. The summed E-state index contributed by atoms with van der Waals surface area (Å²) in [6.45, 7) is 7.76. The van der Waals surface area contributed by atoms with Crippen molar-refractivity contribution < 1.29 is 14.7 Å². The molecule has 2 aliphatic rings. The summed E-state index contributed by atoms with van der Waals surface area (Å²) in [5.74, 6) is -0.206. The fourth-order valence-electron chi connectivity index (χ4n) is 3.97. The molecule has 0 aromatic carbocycles. The Kier molecular flexibility index (Phi) is 4.67. The van der Waals surface area contributed by atoms with Gasteiger partial charge in [-0.1, -0.05) is 0 Å². The Morgan fingerprint density at radius 1 is 1.20 bits per heavy atom. The van der Waals surface area contributed by atoms with Crippen molar-refractivity contribution in [3.05, 3.63) is 17.5 Å². The van der Waals surface area contributed by atoms with E-state index < -0.39 is 12.0 Å². The Morgan fingerprint density at radius 2 is 1.80 bits per heavy atom. The highest BCUT2D eigenvalue weighted by atomic mass is 16.4. The maximum Gasteiger partial charge on any atom is 0.326 e. The van der Waals surface area contributed by atoms with Gasteiger partial charge < -0.3 is 14.9 Å². The lowest BCUT2D eigenvalue weighted by molar-refractivity contribution is -0.154. The van der Waals surface area contributed by atoms with Crippen molar-refractivity contribution in [2.45, 2.75) is 52.5 Å². The largest absolute Gasteiger partial charge is 0.480 e. The molecular formula is C18H26N4O3. The van der Waals surface area contributed by atoms with Gasteiger partial charge in [0, 0.05) is 37.4 Å². The second-order valence-corrected chi connectivity index (χ2v) is 7.47. The molecule has 1 aromatic rings. The van der Waals surface area contributed by atoms with Crippen LogP contribution < -0.4 is 4.90 Å². The third-order valence-corrected chi connectivity index (χ3v) is 5.60. The molecule has 7 nitrogen and oxygen atoms in total. The number of carbonyl (C=O) groups excluding carboxylic acids is 1. The summed E-state index contributed by atoms with van der Waals surface area (Å²) in [6, 6.07) is 1.21. The average Bonchev–Trinajstić information content (AvgIpc) is 2.56. The van der Waals surface area contributed by atoms with Gasteiger partial charge in [0.25, 0.3) is 0 Å². The number of aryl methyl sites for hydroxylation is 2. The van der Waals surface area contributed by atoms with Gasteiger partial charge in [0.05, 0.1) is 0 Å². The second kappa shape index (κ2) is 6.61. The zero-order valence-electron chi connectivity index (χ0n) is 15.2. The lowest BCUT2D eigenvalue weighted by Gasteiger charge is -2.48. The van der Waals surface area contributed by atoms with Crippen molar-refractivity contribution in [1.82, 2.24) is 14.9 Å². The van der Waals surface area contributed by atoms with Gasteiger partial charge in [0.1, 0.15) is 6.04 Å². The molecule has 0 radical (unpaired) electrons. The topological polar surface area (TPSA) is 86.6 Å². The van der Waals surface area contributed by atoms with E-state index in [2.05, 4.69) is 14.9 Å². The highest BCUT2D eigenvalue weighted by molar-refractivity contribution is 5.84. The Balaban J connectivity index is 1.70. The van der Waals surface area contributed by atoms with Gasteiger partial charge in [-0.15, -0.1) is 0 Å². The number of amides is 1. The smallest absolute Gasteiger partial charge is 0.326 e. The fourth-order valence-corrected chi connectivity index (χ4v) is 3.97. The van der Waals surface area contributed by atoms with E-state index in [0.717, 1.165) is 49.7 Å². The maximum atomic E-state index is 12.2. The predicted molar refractivity (Wildman–Crippen MR) is 93.4 cm³/mol. The SMILES string of the molecule is Cc1cc(C)nc(N2CCC3(CCC(=O)N([C@@H](C)C(=O)O)C3)CC2)n1. The number of aromatic nitrogens is 2. The van der Waals surface area contributed by atoms with E-state index in [1.807, 2.05) is 19.9 Å². The van der Waals surface area contributed by atoms with Gasteiger partial charge >= 0.3 is 5.97 Å². The first-order valence-corrected chi connectivity index (χ1v) is 8.89. The highest BCUT2D eigenvalue weighted by Gasteiger charge is 2.43. The molecule has 0 saturated carbocycles. The van der Waals surface area contributed by atoms with Crippen LogP contribution in [0.25, 0.3) is 0 Å². The van der Waals surface area contributed by atoms with Crippen LogP contribution in [-0.2, 0) is 9.59 Å². The number of likely N-dealkylation sites (tertiary alicyclic amines) is 1. The van der Waals surface area contributed by atoms with Crippen molar-refractivity contribution in [1.29, 1.82) is 0 Å². The standard InChI is InChI=1S/C18H26N4O3/c1-12-10-13(2)20-17(19-12)21-8-6-18(7-9-21)5-4-15(23)22(11-18)14(3)16(24)25/h10,14H,4-9,11H2,1-3H3,(H,24,25)/t14-/m0/s1. The molecule has 0 aliphatic carbocycles. The van der Waals surface area contributed by atoms with E-state index in [-0.39, 0.29) is 11.3 Å². The summed E-state index contributed by atoms with van der Waals surface area (Å²) in [4.78, 5) is 36.3. The van der Waals surface area contributed by atoms with Gasteiger partial charge in [-0.05, 0) is 51.5 Å². The third kappa shape index (κ3) is 3.60. The second-order valence-electron chi connectivity index (χ2n) is 7.47. The minimum Gasteiger partial charge on any atom is -0.480 e. The van der Waals surface area contributed by atoms with Gasteiger partial charge in [-0.3, -0.25) is 4.79 Å². The number of aliphatic carboxylic acids is 1. The minimum absolute atomic E-state index is 0.0208. The lowest BCUT2D eigenvalue weighted by atomic mass is 9.72. The molecule has 2 fully saturated rings. The van der Waals surface area contributed by atoms with Crippen LogP contribution in [0.5, 0.6) is 0 Å². The van der Waals surface area contributed by atoms with Gasteiger partial charge in [0.15, 0.2) is 0 Å². The molecule has 3 heterocycles. The summed E-state index contributed by atoms with van der Waals surface area (Å²) in [5.41, 5.74) is 1.95. The first-order chi connectivity index (χ1) is 11.8. The molecule has 1 N–H and O–H groups in total. The molecule has 1 aromatic heterocycles. The van der Waals surface area contributed by atoms with Crippen LogP contribution in [-0.4, -0.2) is 57.5 Å². The number of rotatable bonds is 3. The zero-order chi connectivity index (χ0) is 18.2. The molecular weight excluding hydrogens is 320 g/mol. The number of piperidine rings is 2. The molecule has 25 heavy (non-hydrogen) atoms. The average molecular weight is 346 g/mol. The normalized spacial score (nSPS) is 21.5. The Bertz CT molecular complexity index is 663. The fraction of sp³-hybridized carbons (Fsp3) is 0.667. The quantitative estimate of drug-likeness (QED) is 0.898. The lowest BCUT2D eigenvalue weighted by Crippen LogP contribution is -2.55. The zero-order valence-corrected chi connectivity index (χ0v) is 15.2. The number of carbonyl (C=O) groups is 2. The Labute approximate surface area is 148 Å². The van der Waals surface area contributed by atoms with Crippen LogP contribution in [0.3, 0.4) is 0 Å². The first kappa shape index (κ1) is 17.6. The molecule has 0 unspecified atom stereocenters. The summed E-state index contributed by atoms with van der Waals surface area (Å²) in [5, 5.41) is 9.26. The predicted octanol–water partition coefficient (Wildman–Crippen LogP) is 1.78.